The van der Waals surface area contributed by atoms with Crippen LogP contribution in [0.3, 0.4) is 0 Å². The number of epoxide rings is 1. The minimum absolute atomic E-state index is 0.124. The van der Waals surface area contributed by atoms with Gasteiger partial charge in [-0.1, -0.05) is 65.7 Å². The third-order valence-electron chi connectivity index (χ3n) is 4.36. The van der Waals surface area contributed by atoms with Crippen molar-refractivity contribution in [3.05, 3.63) is 0 Å². The van der Waals surface area contributed by atoms with E-state index in [1.807, 2.05) is 0 Å². The fourth-order valence-corrected chi connectivity index (χ4v) is 2.83. The highest BCUT2D eigenvalue weighted by Gasteiger charge is 2.48. The molecule has 1 rings (SSSR count). The van der Waals surface area contributed by atoms with Crippen LogP contribution in [0.1, 0.15) is 91.4 Å². The van der Waals surface area contributed by atoms with Crippen molar-refractivity contribution in [3.8, 4) is 0 Å². The first-order valence-electron chi connectivity index (χ1n) is 9.27. The highest BCUT2D eigenvalue weighted by atomic mass is 16.6. The van der Waals surface area contributed by atoms with Gasteiger partial charge in [0, 0.05) is 12.8 Å². The maximum Gasteiger partial charge on any atom is 0.164 e. The number of unbranched alkanes of at least 4 members (excludes halogenated alkanes) is 6. The van der Waals surface area contributed by atoms with Gasteiger partial charge in [-0.3, -0.25) is 9.59 Å². The number of Topliss-reactive ketones (excluding diaryl/α,β-unsaturated/α-hetero) is 2. The van der Waals surface area contributed by atoms with E-state index < -0.39 is 12.2 Å². The van der Waals surface area contributed by atoms with E-state index in [-0.39, 0.29) is 11.6 Å². The van der Waals surface area contributed by atoms with Crippen LogP contribution in [0.4, 0.5) is 0 Å². The van der Waals surface area contributed by atoms with Crippen LogP contribution >= 0.6 is 0 Å². The van der Waals surface area contributed by atoms with Crippen LogP contribution in [-0.2, 0) is 14.3 Å². The van der Waals surface area contributed by atoms with Gasteiger partial charge in [0.25, 0.3) is 0 Å². The quantitative estimate of drug-likeness (QED) is 0.340. The van der Waals surface area contributed by atoms with Crippen LogP contribution in [0.5, 0.6) is 0 Å². The summed E-state index contributed by atoms with van der Waals surface area (Å²) >= 11 is 0. The summed E-state index contributed by atoms with van der Waals surface area (Å²) in [6.45, 7) is 6.54. The van der Waals surface area contributed by atoms with Gasteiger partial charge in [-0.2, -0.15) is 0 Å². The van der Waals surface area contributed by atoms with Gasteiger partial charge in [-0.15, -0.1) is 0 Å². The Morgan fingerprint density at radius 2 is 1.32 bits per heavy atom. The predicted molar refractivity (Wildman–Crippen MR) is 90.0 cm³/mol. The van der Waals surface area contributed by atoms with Crippen molar-refractivity contribution in [1.82, 2.24) is 0 Å². The van der Waals surface area contributed by atoms with E-state index >= 15 is 0 Å². The van der Waals surface area contributed by atoms with Gasteiger partial charge >= 0.3 is 0 Å². The maximum absolute atomic E-state index is 12.0. The molecule has 0 bridgehead atoms. The van der Waals surface area contributed by atoms with Crippen molar-refractivity contribution in [2.75, 3.05) is 0 Å². The van der Waals surface area contributed by atoms with E-state index in [1.165, 1.54) is 32.1 Å². The zero-order valence-corrected chi connectivity index (χ0v) is 14.7. The molecule has 2 unspecified atom stereocenters. The molecular weight excluding hydrogens is 276 g/mol. The molecule has 3 heteroatoms. The molecular formula is C19H34O3. The van der Waals surface area contributed by atoms with E-state index in [0.29, 0.717) is 18.8 Å². The van der Waals surface area contributed by atoms with Crippen LogP contribution in [0.2, 0.25) is 0 Å². The molecule has 0 aromatic heterocycles. The normalized spacial score (nSPS) is 20.4. The van der Waals surface area contributed by atoms with E-state index in [9.17, 15) is 9.59 Å². The summed E-state index contributed by atoms with van der Waals surface area (Å²) in [4.78, 5) is 23.9. The summed E-state index contributed by atoms with van der Waals surface area (Å²) in [5.41, 5.74) is 0. The molecule has 1 heterocycles. The summed E-state index contributed by atoms with van der Waals surface area (Å²) in [7, 11) is 0. The molecule has 1 saturated heterocycles. The van der Waals surface area contributed by atoms with Crippen LogP contribution in [-0.4, -0.2) is 23.8 Å². The second kappa shape index (κ2) is 10.9. The molecule has 0 aliphatic carbocycles. The summed E-state index contributed by atoms with van der Waals surface area (Å²) in [6, 6.07) is 0. The Kier molecular flexibility index (Phi) is 9.61. The molecule has 0 radical (unpaired) electrons. The summed E-state index contributed by atoms with van der Waals surface area (Å²) in [5, 5.41) is 0. The van der Waals surface area contributed by atoms with Crippen LogP contribution in [0.15, 0.2) is 0 Å². The average Bonchev–Trinajstić information content (AvgIpc) is 3.26. The Morgan fingerprint density at radius 1 is 0.818 bits per heavy atom. The van der Waals surface area contributed by atoms with Gasteiger partial charge in [-0.25, -0.2) is 0 Å². The molecule has 1 aliphatic heterocycles. The number of ether oxygens (including phenoxy) is 1. The molecule has 0 N–H and O–H groups in total. The van der Waals surface area contributed by atoms with Crippen molar-refractivity contribution in [3.63, 3.8) is 0 Å². The number of carbonyl (C=O) groups excluding carboxylic acids is 2. The number of ketones is 2. The van der Waals surface area contributed by atoms with Crippen molar-refractivity contribution in [1.29, 1.82) is 0 Å². The Morgan fingerprint density at radius 3 is 1.86 bits per heavy atom. The molecule has 3 nitrogen and oxygen atoms in total. The Bertz CT molecular complexity index is 336. The first kappa shape index (κ1) is 19.3. The number of rotatable bonds is 14. The zero-order chi connectivity index (χ0) is 16.4. The molecule has 0 aromatic carbocycles. The largest absolute Gasteiger partial charge is 0.353 e. The summed E-state index contributed by atoms with van der Waals surface area (Å²) in [5.74, 6) is 0.886. The second-order valence-corrected chi connectivity index (χ2v) is 7.07. The monoisotopic (exact) mass is 310 g/mol. The van der Waals surface area contributed by atoms with E-state index in [0.717, 1.165) is 25.7 Å². The maximum atomic E-state index is 12.0. The Balaban J connectivity index is 2.02. The lowest BCUT2D eigenvalue weighted by Gasteiger charge is -2.02. The predicted octanol–water partition coefficient (Wildman–Crippen LogP) is 4.86. The van der Waals surface area contributed by atoms with Crippen molar-refractivity contribution in [2.24, 2.45) is 5.92 Å². The molecule has 22 heavy (non-hydrogen) atoms. The Labute approximate surface area is 136 Å². The topological polar surface area (TPSA) is 46.7 Å². The first-order valence-corrected chi connectivity index (χ1v) is 9.27. The molecule has 2 atom stereocenters. The van der Waals surface area contributed by atoms with Gasteiger partial charge < -0.3 is 4.74 Å². The van der Waals surface area contributed by atoms with Gasteiger partial charge in [0.15, 0.2) is 11.6 Å². The molecule has 0 spiro atoms. The molecule has 0 saturated carbocycles. The Hall–Kier alpha value is -0.700. The van der Waals surface area contributed by atoms with Crippen molar-refractivity contribution < 1.29 is 14.3 Å². The molecule has 1 fully saturated rings. The number of carbonyl (C=O) groups is 2. The van der Waals surface area contributed by atoms with E-state index in [2.05, 4.69) is 20.8 Å². The van der Waals surface area contributed by atoms with Crippen molar-refractivity contribution in [2.45, 2.75) is 104 Å². The SMILES string of the molecule is CCCCCCCCCC(=O)C1OC1C(=O)CCCC(C)C. The summed E-state index contributed by atoms with van der Waals surface area (Å²) in [6.07, 6.45) is 10.7. The number of hydrogen-bond donors (Lipinski definition) is 0. The lowest BCUT2D eigenvalue weighted by molar-refractivity contribution is -0.122. The average molecular weight is 310 g/mol. The van der Waals surface area contributed by atoms with Crippen LogP contribution in [0.25, 0.3) is 0 Å². The van der Waals surface area contributed by atoms with Crippen LogP contribution in [0, 0.1) is 5.92 Å². The van der Waals surface area contributed by atoms with Crippen LogP contribution < -0.4 is 0 Å². The lowest BCUT2D eigenvalue weighted by Crippen LogP contribution is -2.16. The smallest absolute Gasteiger partial charge is 0.164 e. The minimum atomic E-state index is -0.413. The molecule has 0 amide bonds. The zero-order valence-electron chi connectivity index (χ0n) is 14.7. The fourth-order valence-electron chi connectivity index (χ4n) is 2.83. The third-order valence-corrected chi connectivity index (χ3v) is 4.36. The molecule has 128 valence electrons. The molecule has 0 aromatic rings. The van der Waals surface area contributed by atoms with Gasteiger partial charge in [0.05, 0.1) is 0 Å². The molecule has 1 aliphatic rings. The number of hydrogen-bond acceptors (Lipinski definition) is 3. The lowest BCUT2D eigenvalue weighted by atomic mass is 10.0. The first-order chi connectivity index (χ1) is 10.6. The van der Waals surface area contributed by atoms with E-state index in [1.54, 1.807) is 0 Å². The highest BCUT2D eigenvalue weighted by molar-refractivity contribution is 5.96. The van der Waals surface area contributed by atoms with Gasteiger partial charge in [0.1, 0.15) is 12.2 Å². The standard InChI is InChI=1S/C19H34O3/c1-4-5-6-7-8-9-10-13-16(20)18-19(22-18)17(21)14-11-12-15(2)3/h15,18-19H,4-14H2,1-3H3. The third kappa shape index (κ3) is 8.07. The fraction of sp³-hybridized carbons (Fsp3) is 0.895. The van der Waals surface area contributed by atoms with Gasteiger partial charge in [-0.05, 0) is 18.8 Å². The highest BCUT2D eigenvalue weighted by Crippen LogP contribution is 2.27. The summed E-state index contributed by atoms with van der Waals surface area (Å²) < 4.78 is 5.31. The minimum Gasteiger partial charge on any atom is -0.353 e. The van der Waals surface area contributed by atoms with Crippen molar-refractivity contribution >= 4 is 11.6 Å². The van der Waals surface area contributed by atoms with Gasteiger partial charge in [0.2, 0.25) is 0 Å². The van der Waals surface area contributed by atoms with E-state index in [4.69, 9.17) is 4.74 Å². The second-order valence-electron chi connectivity index (χ2n) is 7.07.